The maximum Gasteiger partial charge on any atom is 0.185 e. The van der Waals surface area contributed by atoms with Crippen molar-refractivity contribution in [2.45, 2.75) is 0 Å². The largest absolute Gasteiger partial charge is 0.324 e. The van der Waals surface area contributed by atoms with Crippen molar-refractivity contribution >= 4 is 17.3 Å². The Labute approximate surface area is 140 Å². The molecule has 0 spiro atoms. The normalized spacial score (nSPS) is 10.9. The van der Waals surface area contributed by atoms with Crippen molar-refractivity contribution in [2.75, 3.05) is 0 Å². The van der Waals surface area contributed by atoms with Crippen LogP contribution in [0.5, 0.6) is 0 Å². The van der Waals surface area contributed by atoms with Gasteiger partial charge < -0.3 is 4.57 Å². The summed E-state index contributed by atoms with van der Waals surface area (Å²) in [6.07, 6.45) is 0.809. The van der Waals surface area contributed by atoms with Crippen LogP contribution in [0.2, 0.25) is 0 Å². The predicted octanol–water partition coefficient (Wildman–Crippen LogP) is 4.72. The minimum atomic E-state index is 0.436. The molecular formula is C21H16N2O. The van der Waals surface area contributed by atoms with E-state index in [0.29, 0.717) is 5.82 Å². The third-order valence-corrected chi connectivity index (χ3v) is 4.33. The molecule has 0 radical (unpaired) electrons. The van der Waals surface area contributed by atoms with E-state index in [1.807, 2.05) is 48.0 Å². The first kappa shape index (κ1) is 14.4. The number of hydrogen-bond donors (Lipinski definition) is 0. The van der Waals surface area contributed by atoms with Crippen LogP contribution in [-0.4, -0.2) is 15.8 Å². The Morgan fingerprint density at radius 3 is 1.92 bits per heavy atom. The lowest BCUT2D eigenvalue weighted by atomic mass is 9.98. The number of imidazole rings is 1. The Morgan fingerprint density at radius 1 is 0.792 bits per heavy atom. The lowest BCUT2D eigenvalue weighted by Gasteiger charge is -2.09. The highest BCUT2D eigenvalue weighted by molar-refractivity contribution is 6.02. The molecule has 24 heavy (non-hydrogen) atoms. The third-order valence-electron chi connectivity index (χ3n) is 4.33. The smallest absolute Gasteiger partial charge is 0.185 e. The molecule has 0 unspecified atom stereocenters. The number of carbonyl (C=O) groups excluding carboxylic acids is 1. The average Bonchev–Trinajstić information content (AvgIpc) is 2.99. The zero-order valence-electron chi connectivity index (χ0n) is 13.3. The summed E-state index contributed by atoms with van der Waals surface area (Å²) in [6, 6.07) is 24.5. The van der Waals surface area contributed by atoms with Gasteiger partial charge in [0.05, 0.1) is 11.0 Å². The summed E-state index contributed by atoms with van der Waals surface area (Å²) < 4.78 is 1.87. The van der Waals surface area contributed by atoms with Gasteiger partial charge in [0.25, 0.3) is 0 Å². The van der Waals surface area contributed by atoms with Crippen LogP contribution in [0.1, 0.15) is 10.6 Å². The number of rotatable bonds is 3. The van der Waals surface area contributed by atoms with Crippen molar-refractivity contribution in [2.24, 2.45) is 7.05 Å². The predicted molar refractivity (Wildman–Crippen MR) is 97.0 cm³/mol. The number of carbonyl (C=O) groups is 1. The molecule has 0 saturated carbocycles. The molecular weight excluding hydrogens is 296 g/mol. The van der Waals surface area contributed by atoms with Crippen molar-refractivity contribution < 1.29 is 4.79 Å². The zero-order valence-corrected chi connectivity index (χ0v) is 13.3. The molecule has 0 atom stereocenters. The van der Waals surface area contributed by atoms with Gasteiger partial charge in [0.2, 0.25) is 0 Å². The summed E-state index contributed by atoms with van der Waals surface area (Å²) in [7, 11) is 1.89. The second kappa shape index (κ2) is 5.78. The first-order chi connectivity index (χ1) is 11.8. The van der Waals surface area contributed by atoms with Gasteiger partial charge in [-0.2, -0.15) is 0 Å². The number of nitrogens with zero attached hydrogens (tertiary/aromatic N) is 2. The summed E-state index contributed by atoms with van der Waals surface area (Å²) >= 11 is 0. The van der Waals surface area contributed by atoms with Crippen molar-refractivity contribution in [3.05, 3.63) is 78.6 Å². The standard InChI is InChI=1S/C21H16N2O/c1-23-19(14-24)22-20-17(15-8-4-2-5-9-15)12-13-18(21(20)23)16-10-6-3-7-11-16/h2-14H,1H3. The summed E-state index contributed by atoms with van der Waals surface area (Å²) in [5.41, 5.74) is 6.15. The Hall–Kier alpha value is -3.20. The summed E-state index contributed by atoms with van der Waals surface area (Å²) in [5, 5.41) is 0. The van der Waals surface area contributed by atoms with E-state index in [-0.39, 0.29) is 0 Å². The van der Waals surface area contributed by atoms with Crippen molar-refractivity contribution in [1.29, 1.82) is 0 Å². The minimum Gasteiger partial charge on any atom is -0.324 e. The van der Waals surface area contributed by atoms with Gasteiger partial charge in [-0.05, 0) is 11.1 Å². The Balaban J connectivity index is 2.08. The molecule has 0 aliphatic rings. The van der Waals surface area contributed by atoms with Crippen LogP contribution in [-0.2, 0) is 7.05 Å². The highest BCUT2D eigenvalue weighted by Crippen LogP contribution is 2.35. The van der Waals surface area contributed by atoms with E-state index in [2.05, 4.69) is 41.4 Å². The SMILES string of the molecule is Cn1c(C=O)nc2c(-c3ccccc3)ccc(-c3ccccc3)c21. The minimum absolute atomic E-state index is 0.436. The molecule has 3 heteroatoms. The molecule has 0 fully saturated rings. The first-order valence-electron chi connectivity index (χ1n) is 7.85. The van der Waals surface area contributed by atoms with Crippen molar-refractivity contribution in [3.63, 3.8) is 0 Å². The van der Waals surface area contributed by atoms with Crippen molar-refractivity contribution in [3.8, 4) is 22.3 Å². The molecule has 0 bridgehead atoms. The number of benzene rings is 3. The Bertz CT molecular complexity index is 1020. The number of hydrogen-bond acceptors (Lipinski definition) is 2. The third kappa shape index (κ3) is 2.22. The Kier molecular flexibility index (Phi) is 3.47. The molecule has 1 aromatic heterocycles. The van der Waals surface area contributed by atoms with Gasteiger partial charge in [-0.3, -0.25) is 4.79 Å². The lowest BCUT2D eigenvalue weighted by Crippen LogP contribution is -1.96. The van der Waals surface area contributed by atoms with E-state index in [1.165, 1.54) is 0 Å². The molecule has 0 N–H and O–H groups in total. The molecule has 116 valence electrons. The van der Waals surface area contributed by atoms with E-state index in [4.69, 9.17) is 0 Å². The monoisotopic (exact) mass is 312 g/mol. The van der Waals surface area contributed by atoms with Gasteiger partial charge in [0.1, 0.15) is 0 Å². The number of aryl methyl sites for hydroxylation is 1. The quantitative estimate of drug-likeness (QED) is 0.513. The van der Waals surface area contributed by atoms with Gasteiger partial charge in [0.15, 0.2) is 12.1 Å². The van der Waals surface area contributed by atoms with Crippen LogP contribution in [0.4, 0.5) is 0 Å². The summed E-state index contributed by atoms with van der Waals surface area (Å²) in [4.78, 5) is 16.0. The Morgan fingerprint density at radius 2 is 1.33 bits per heavy atom. The fourth-order valence-electron chi connectivity index (χ4n) is 3.14. The first-order valence-corrected chi connectivity index (χ1v) is 7.85. The van der Waals surface area contributed by atoms with Gasteiger partial charge >= 0.3 is 0 Å². The average molecular weight is 312 g/mol. The van der Waals surface area contributed by atoms with Gasteiger partial charge in [-0.15, -0.1) is 0 Å². The van der Waals surface area contributed by atoms with E-state index in [9.17, 15) is 4.79 Å². The zero-order chi connectivity index (χ0) is 16.5. The number of aldehydes is 1. The van der Waals surface area contributed by atoms with Crippen LogP contribution in [0, 0.1) is 0 Å². The summed E-state index contributed by atoms with van der Waals surface area (Å²) in [6.45, 7) is 0. The number of aromatic nitrogens is 2. The number of fused-ring (bicyclic) bond motifs is 1. The summed E-state index contributed by atoms with van der Waals surface area (Å²) in [5.74, 6) is 0.436. The van der Waals surface area contributed by atoms with Crippen LogP contribution in [0.3, 0.4) is 0 Å². The van der Waals surface area contributed by atoms with Crippen LogP contribution in [0.15, 0.2) is 72.8 Å². The second-order valence-corrected chi connectivity index (χ2v) is 5.74. The van der Waals surface area contributed by atoms with Crippen molar-refractivity contribution in [1.82, 2.24) is 9.55 Å². The maximum absolute atomic E-state index is 11.4. The molecule has 3 nitrogen and oxygen atoms in total. The highest BCUT2D eigenvalue weighted by atomic mass is 16.1. The lowest BCUT2D eigenvalue weighted by molar-refractivity contribution is 0.111. The second-order valence-electron chi connectivity index (χ2n) is 5.74. The van der Waals surface area contributed by atoms with Crippen LogP contribution in [0.25, 0.3) is 33.3 Å². The molecule has 3 aromatic carbocycles. The molecule has 0 amide bonds. The van der Waals surface area contributed by atoms with E-state index >= 15 is 0 Å². The highest BCUT2D eigenvalue weighted by Gasteiger charge is 2.16. The van der Waals surface area contributed by atoms with Gasteiger partial charge in [0, 0.05) is 18.2 Å². The molecule has 4 rings (SSSR count). The fourth-order valence-corrected chi connectivity index (χ4v) is 3.14. The van der Waals surface area contributed by atoms with E-state index in [1.54, 1.807) is 0 Å². The van der Waals surface area contributed by atoms with Crippen LogP contribution < -0.4 is 0 Å². The molecule has 1 heterocycles. The van der Waals surface area contributed by atoms with E-state index < -0.39 is 0 Å². The maximum atomic E-state index is 11.4. The molecule has 0 aliphatic heterocycles. The molecule has 0 saturated heterocycles. The molecule has 4 aromatic rings. The van der Waals surface area contributed by atoms with Gasteiger partial charge in [-0.1, -0.05) is 72.8 Å². The fraction of sp³-hybridized carbons (Fsp3) is 0.0476. The van der Waals surface area contributed by atoms with E-state index in [0.717, 1.165) is 39.6 Å². The topological polar surface area (TPSA) is 34.9 Å². The molecule has 0 aliphatic carbocycles. The van der Waals surface area contributed by atoms with Gasteiger partial charge in [-0.25, -0.2) is 4.98 Å². The van der Waals surface area contributed by atoms with Crippen LogP contribution >= 0.6 is 0 Å².